The summed E-state index contributed by atoms with van der Waals surface area (Å²) in [6, 6.07) is 8.01. The Labute approximate surface area is 261 Å². The van der Waals surface area contributed by atoms with Crippen molar-refractivity contribution in [1.29, 1.82) is 0 Å². The van der Waals surface area contributed by atoms with E-state index in [9.17, 15) is 28.8 Å². The second-order valence-corrected chi connectivity index (χ2v) is 10.8. The van der Waals surface area contributed by atoms with Gasteiger partial charge in [0.05, 0.1) is 25.3 Å². The Hall–Kier alpha value is -4.89. The first kappa shape index (κ1) is 36.3. The third kappa shape index (κ3) is 12.3. The van der Waals surface area contributed by atoms with Gasteiger partial charge in [-0.25, -0.2) is 0 Å². The van der Waals surface area contributed by atoms with Crippen molar-refractivity contribution in [2.45, 2.75) is 70.4 Å². The molecule has 10 N–H and O–H groups in total. The van der Waals surface area contributed by atoms with Gasteiger partial charge in [-0.2, -0.15) is 0 Å². The van der Waals surface area contributed by atoms with Crippen molar-refractivity contribution in [1.82, 2.24) is 31.6 Å². The first-order valence-corrected chi connectivity index (χ1v) is 14.4. The Balaban J connectivity index is 2.18. The number of carbonyl (C=O) groups excluding carboxylic acids is 6. The molecule has 0 aliphatic heterocycles. The molecule has 2 aromatic rings. The zero-order chi connectivity index (χ0) is 33.5. The van der Waals surface area contributed by atoms with Crippen LogP contribution >= 0.6 is 0 Å². The molecule has 15 heteroatoms. The van der Waals surface area contributed by atoms with E-state index in [1.165, 1.54) is 6.92 Å². The monoisotopic (exact) mass is 626 g/mol. The number of aliphatic hydroxyl groups excluding tert-OH is 1. The number of carbonyl (C=O) groups is 6. The number of benzene rings is 1. The summed E-state index contributed by atoms with van der Waals surface area (Å²) < 4.78 is 0. The first-order chi connectivity index (χ1) is 21.3. The number of nitrogens with zero attached hydrogens (tertiary/aromatic N) is 1. The number of pyridine rings is 1. The maximum Gasteiger partial charge on any atom is 0.243 e. The lowest BCUT2D eigenvalue weighted by atomic mass is 10.00. The van der Waals surface area contributed by atoms with Gasteiger partial charge in [0.1, 0.15) is 30.2 Å². The number of primary amides is 1. The van der Waals surface area contributed by atoms with E-state index in [0.29, 0.717) is 5.69 Å². The summed E-state index contributed by atoms with van der Waals surface area (Å²) in [6.45, 7) is 4.24. The molecule has 0 bridgehead atoms. The molecule has 0 radical (unpaired) electrons. The molecule has 0 saturated heterocycles. The minimum atomic E-state index is -1.48. The highest BCUT2D eigenvalue weighted by Gasteiger charge is 2.33. The summed E-state index contributed by atoms with van der Waals surface area (Å²) in [5.74, 6) is -5.04. The number of hydrogen-bond donors (Lipinski definition) is 8. The number of hydrogen-bond acceptors (Lipinski definition) is 9. The van der Waals surface area contributed by atoms with E-state index in [1.54, 1.807) is 68.6 Å². The van der Waals surface area contributed by atoms with Gasteiger partial charge in [-0.15, -0.1) is 0 Å². The first-order valence-electron chi connectivity index (χ1n) is 14.4. The molecular formula is C30H42N8O7. The van der Waals surface area contributed by atoms with Gasteiger partial charge < -0.3 is 43.2 Å². The van der Waals surface area contributed by atoms with Crippen LogP contribution in [0.25, 0.3) is 0 Å². The third-order valence-electron chi connectivity index (χ3n) is 6.66. The van der Waals surface area contributed by atoms with Crippen LogP contribution in [0.3, 0.4) is 0 Å². The van der Waals surface area contributed by atoms with Crippen molar-refractivity contribution in [3.05, 3.63) is 66.0 Å². The molecule has 0 fully saturated rings. The van der Waals surface area contributed by atoms with E-state index in [-0.39, 0.29) is 13.0 Å². The van der Waals surface area contributed by atoms with E-state index < -0.39 is 84.6 Å². The molecule has 1 heterocycles. The van der Waals surface area contributed by atoms with Crippen LogP contribution in [0.4, 0.5) is 0 Å². The van der Waals surface area contributed by atoms with Crippen molar-refractivity contribution < 1.29 is 33.9 Å². The highest BCUT2D eigenvalue weighted by Crippen LogP contribution is 2.08. The largest absolute Gasteiger partial charge is 0.394 e. The molecule has 45 heavy (non-hydrogen) atoms. The smallest absolute Gasteiger partial charge is 0.243 e. The minimum Gasteiger partial charge on any atom is -0.394 e. The quantitative estimate of drug-likeness (QED) is 0.0943. The van der Waals surface area contributed by atoms with Crippen LogP contribution in [-0.2, 0) is 41.7 Å². The van der Waals surface area contributed by atoms with E-state index in [4.69, 9.17) is 16.6 Å². The maximum absolute atomic E-state index is 13.5. The fourth-order valence-electron chi connectivity index (χ4n) is 4.09. The van der Waals surface area contributed by atoms with Crippen LogP contribution in [0, 0.1) is 5.92 Å². The summed E-state index contributed by atoms with van der Waals surface area (Å²) in [7, 11) is 0. The normalized spacial score (nSPS) is 14.2. The fourth-order valence-corrected chi connectivity index (χ4v) is 4.09. The topological polar surface area (TPSA) is 248 Å². The Bertz CT molecular complexity index is 1310. The number of rotatable bonds is 17. The van der Waals surface area contributed by atoms with E-state index in [0.717, 1.165) is 5.56 Å². The molecule has 15 nitrogen and oxygen atoms in total. The molecule has 6 amide bonds. The molecule has 0 aliphatic rings. The van der Waals surface area contributed by atoms with Gasteiger partial charge in [0.15, 0.2) is 0 Å². The van der Waals surface area contributed by atoms with Crippen molar-refractivity contribution in [3.8, 4) is 0 Å². The lowest BCUT2D eigenvalue weighted by Crippen LogP contribution is -2.60. The lowest BCUT2D eigenvalue weighted by Gasteiger charge is -2.28. The Kier molecular flexibility index (Phi) is 14.6. The number of aromatic nitrogens is 1. The summed E-state index contributed by atoms with van der Waals surface area (Å²) >= 11 is 0. The number of nitrogens with two attached hydrogens (primary N) is 2. The van der Waals surface area contributed by atoms with Gasteiger partial charge >= 0.3 is 0 Å². The number of amides is 6. The van der Waals surface area contributed by atoms with Crippen LogP contribution in [0.5, 0.6) is 0 Å². The standard InChI is InChI=1S/C30H42N8O7/c1-17(2)25(38-29(44)23(14-24(32)40)36-27(42)21(31)16-39)30(45)37-22(13-19-9-5-4-6-10-19)28(43)35-18(3)26(41)34-15-20-11-7-8-12-33-20/h4-12,17-18,21-23,25,39H,13-16,31H2,1-3H3,(H2,32,40)(H,34,41)(H,35,43)(H,36,42)(H,37,45)(H,38,44)/t18-,21-,22-,23-,25-/m0/s1. The van der Waals surface area contributed by atoms with Gasteiger partial charge in [-0.05, 0) is 30.5 Å². The average molecular weight is 627 g/mol. The van der Waals surface area contributed by atoms with Crippen molar-refractivity contribution in [2.24, 2.45) is 17.4 Å². The summed E-state index contributed by atoms with van der Waals surface area (Å²) in [5, 5.41) is 21.9. The lowest BCUT2D eigenvalue weighted by molar-refractivity contribution is -0.136. The highest BCUT2D eigenvalue weighted by molar-refractivity contribution is 5.97. The predicted molar refractivity (Wildman–Crippen MR) is 163 cm³/mol. The second-order valence-electron chi connectivity index (χ2n) is 10.8. The van der Waals surface area contributed by atoms with Crippen LogP contribution < -0.4 is 38.1 Å². The van der Waals surface area contributed by atoms with Crippen LogP contribution in [-0.4, -0.2) is 82.3 Å². The fraction of sp³-hybridized carbons (Fsp3) is 0.433. The highest BCUT2D eigenvalue weighted by atomic mass is 16.3. The van der Waals surface area contributed by atoms with Crippen LogP contribution in [0.1, 0.15) is 38.4 Å². The SMILES string of the molecule is CC(C)[C@H](NC(=O)[C@H](CC(N)=O)NC(=O)[C@@H](N)CO)C(=O)N[C@@H](Cc1ccccc1)C(=O)N[C@@H](C)C(=O)NCc1ccccn1. The van der Waals surface area contributed by atoms with E-state index in [2.05, 4.69) is 31.6 Å². The molecular weight excluding hydrogens is 584 g/mol. The van der Waals surface area contributed by atoms with Gasteiger partial charge in [0.25, 0.3) is 0 Å². The average Bonchev–Trinajstić information content (AvgIpc) is 3.01. The maximum atomic E-state index is 13.5. The van der Waals surface area contributed by atoms with Gasteiger partial charge in [0.2, 0.25) is 35.4 Å². The van der Waals surface area contributed by atoms with Gasteiger partial charge in [0, 0.05) is 12.6 Å². The molecule has 0 aliphatic carbocycles. The summed E-state index contributed by atoms with van der Waals surface area (Å²) in [6.07, 6.45) is 1.07. The molecule has 2 rings (SSSR count). The van der Waals surface area contributed by atoms with Crippen molar-refractivity contribution >= 4 is 35.4 Å². The zero-order valence-corrected chi connectivity index (χ0v) is 25.5. The van der Waals surface area contributed by atoms with Crippen molar-refractivity contribution in [2.75, 3.05) is 6.61 Å². The predicted octanol–water partition coefficient (Wildman–Crippen LogP) is -2.25. The van der Waals surface area contributed by atoms with Gasteiger partial charge in [-0.3, -0.25) is 33.8 Å². The van der Waals surface area contributed by atoms with Gasteiger partial charge in [-0.1, -0.05) is 50.2 Å². The third-order valence-corrected chi connectivity index (χ3v) is 6.66. The molecule has 0 spiro atoms. The zero-order valence-electron chi connectivity index (χ0n) is 25.5. The van der Waals surface area contributed by atoms with Crippen LogP contribution in [0.2, 0.25) is 0 Å². The molecule has 1 aromatic carbocycles. The number of aliphatic hydroxyl groups is 1. The molecule has 0 saturated carbocycles. The summed E-state index contributed by atoms with van der Waals surface area (Å²) in [5.41, 5.74) is 12.1. The Morgan fingerprint density at radius 2 is 1.40 bits per heavy atom. The molecule has 5 atom stereocenters. The molecule has 0 unspecified atom stereocenters. The van der Waals surface area contributed by atoms with Crippen molar-refractivity contribution in [3.63, 3.8) is 0 Å². The minimum absolute atomic E-state index is 0.0683. The Morgan fingerprint density at radius 3 is 1.98 bits per heavy atom. The Morgan fingerprint density at radius 1 is 0.778 bits per heavy atom. The van der Waals surface area contributed by atoms with E-state index >= 15 is 0 Å². The van der Waals surface area contributed by atoms with E-state index in [1.807, 2.05) is 0 Å². The number of nitrogens with one attached hydrogen (secondary N) is 5. The summed E-state index contributed by atoms with van der Waals surface area (Å²) in [4.78, 5) is 80.6. The molecule has 244 valence electrons. The second kappa shape index (κ2) is 18.0. The molecule has 1 aromatic heterocycles. The van der Waals surface area contributed by atoms with Crippen LogP contribution in [0.15, 0.2) is 54.7 Å².